The van der Waals surface area contributed by atoms with Crippen LogP contribution in [0, 0.1) is 0 Å². The van der Waals surface area contributed by atoms with Gasteiger partial charge in [-0.15, -0.1) is 0 Å². The summed E-state index contributed by atoms with van der Waals surface area (Å²) in [6.45, 7) is 2.89. The van der Waals surface area contributed by atoms with Crippen molar-refractivity contribution < 1.29 is 9.53 Å². The Balaban J connectivity index is 2.15. The quantitative estimate of drug-likeness (QED) is 0.686. The van der Waals surface area contributed by atoms with Gasteiger partial charge in [-0.25, -0.2) is 0 Å². The Bertz CT molecular complexity index is 959. The van der Waals surface area contributed by atoms with Crippen LogP contribution >= 0.6 is 22.9 Å². The van der Waals surface area contributed by atoms with Crippen LogP contribution in [-0.2, 0) is 6.54 Å². The van der Waals surface area contributed by atoms with Crippen LogP contribution in [0.1, 0.15) is 23.7 Å². The number of aromatic nitrogens is 1. The minimum atomic E-state index is -0.330. The molecule has 0 aliphatic carbocycles. The van der Waals surface area contributed by atoms with Gasteiger partial charge in [-0.2, -0.15) is 4.99 Å². The minimum Gasteiger partial charge on any atom is -0.497 e. The lowest BCUT2D eigenvalue weighted by molar-refractivity contribution is 0.0998. The van der Waals surface area contributed by atoms with Crippen molar-refractivity contribution in [2.24, 2.45) is 4.99 Å². The highest BCUT2D eigenvalue weighted by atomic mass is 35.5. The predicted octanol–water partition coefficient (Wildman–Crippen LogP) is 4.52. The van der Waals surface area contributed by atoms with Gasteiger partial charge in [0, 0.05) is 6.54 Å². The highest BCUT2D eigenvalue weighted by molar-refractivity contribution is 7.16. The minimum absolute atomic E-state index is 0.330. The summed E-state index contributed by atoms with van der Waals surface area (Å²) in [6, 6.07) is 12.8. The summed E-state index contributed by atoms with van der Waals surface area (Å²) in [4.78, 5) is 17.5. The molecule has 0 saturated carbocycles. The zero-order valence-electron chi connectivity index (χ0n) is 13.5. The van der Waals surface area contributed by atoms with E-state index in [1.807, 2.05) is 18.2 Å². The Labute approximate surface area is 149 Å². The first-order valence-corrected chi connectivity index (χ1v) is 8.84. The molecule has 0 unspecified atom stereocenters. The Hall–Kier alpha value is -2.11. The van der Waals surface area contributed by atoms with Crippen LogP contribution < -0.4 is 9.54 Å². The maximum atomic E-state index is 12.5. The number of amides is 1. The SMILES string of the molecule is CCCn1c(=NC(=O)c2ccccc2Cl)sc2cc(OC)ccc21. The van der Waals surface area contributed by atoms with E-state index in [2.05, 4.69) is 16.5 Å². The fourth-order valence-corrected chi connectivity index (χ4v) is 3.79. The summed E-state index contributed by atoms with van der Waals surface area (Å²) in [5.41, 5.74) is 1.46. The number of aryl methyl sites for hydroxylation is 1. The molecule has 1 heterocycles. The average Bonchev–Trinajstić information content (AvgIpc) is 2.92. The fourth-order valence-electron chi connectivity index (χ4n) is 2.49. The number of halogens is 1. The molecule has 6 heteroatoms. The van der Waals surface area contributed by atoms with Crippen molar-refractivity contribution in [2.75, 3.05) is 7.11 Å². The van der Waals surface area contributed by atoms with Gasteiger partial charge >= 0.3 is 0 Å². The Morgan fingerprint density at radius 3 is 2.79 bits per heavy atom. The van der Waals surface area contributed by atoms with Gasteiger partial charge in [0.05, 0.1) is 27.9 Å². The third kappa shape index (κ3) is 3.23. The number of thiazole rings is 1. The van der Waals surface area contributed by atoms with E-state index in [1.165, 1.54) is 11.3 Å². The van der Waals surface area contributed by atoms with E-state index in [0.29, 0.717) is 15.4 Å². The average molecular weight is 361 g/mol. The molecule has 0 atom stereocenters. The molecule has 0 radical (unpaired) electrons. The molecule has 1 aromatic heterocycles. The summed E-state index contributed by atoms with van der Waals surface area (Å²) in [5.74, 6) is 0.459. The van der Waals surface area contributed by atoms with Crippen LogP contribution in [-0.4, -0.2) is 17.6 Å². The van der Waals surface area contributed by atoms with Gasteiger partial charge in [-0.3, -0.25) is 4.79 Å². The number of carbonyl (C=O) groups excluding carboxylic acids is 1. The largest absolute Gasteiger partial charge is 0.497 e. The van der Waals surface area contributed by atoms with E-state index in [-0.39, 0.29) is 5.91 Å². The molecule has 0 saturated heterocycles. The fraction of sp³-hybridized carbons (Fsp3) is 0.222. The molecule has 1 amide bonds. The van der Waals surface area contributed by atoms with Crippen molar-refractivity contribution in [3.63, 3.8) is 0 Å². The van der Waals surface area contributed by atoms with Gasteiger partial charge < -0.3 is 9.30 Å². The van der Waals surface area contributed by atoms with Crippen molar-refractivity contribution >= 4 is 39.1 Å². The van der Waals surface area contributed by atoms with Crippen LogP contribution in [0.3, 0.4) is 0 Å². The lowest BCUT2D eigenvalue weighted by Gasteiger charge is -2.04. The van der Waals surface area contributed by atoms with Crippen LogP contribution in [0.25, 0.3) is 10.2 Å². The van der Waals surface area contributed by atoms with Gasteiger partial charge in [-0.05, 0) is 36.8 Å². The van der Waals surface area contributed by atoms with Gasteiger partial charge in [0.1, 0.15) is 5.75 Å². The van der Waals surface area contributed by atoms with Crippen molar-refractivity contribution in [1.82, 2.24) is 4.57 Å². The highest BCUT2D eigenvalue weighted by Gasteiger charge is 2.11. The molecule has 0 aliphatic rings. The van der Waals surface area contributed by atoms with Gasteiger partial charge in [0.2, 0.25) is 0 Å². The number of rotatable bonds is 4. The third-order valence-electron chi connectivity index (χ3n) is 3.64. The van der Waals surface area contributed by atoms with Crippen molar-refractivity contribution in [3.8, 4) is 5.75 Å². The summed E-state index contributed by atoms with van der Waals surface area (Å²) in [5, 5.41) is 0.413. The van der Waals surface area contributed by atoms with Gasteiger partial charge in [0.25, 0.3) is 5.91 Å². The second kappa shape index (κ2) is 7.20. The number of benzene rings is 2. The van der Waals surface area contributed by atoms with Crippen molar-refractivity contribution in [2.45, 2.75) is 19.9 Å². The second-order valence-corrected chi connectivity index (χ2v) is 6.68. The normalized spacial score (nSPS) is 11.9. The monoisotopic (exact) mass is 360 g/mol. The topological polar surface area (TPSA) is 43.6 Å². The molecule has 124 valence electrons. The number of methoxy groups -OCH3 is 1. The third-order valence-corrected chi connectivity index (χ3v) is 5.01. The maximum Gasteiger partial charge on any atom is 0.281 e. The molecule has 0 fully saturated rings. The first-order chi connectivity index (χ1) is 11.6. The molecule has 2 aromatic carbocycles. The first-order valence-electron chi connectivity index (χ1n) is 7.65. The zero-order valence-corrected chi connectivity index (χ0v) is 15.0. The van der Waals surface area contributed by atoms with Crippen LogP contribution in [0.4, 0.5) is 0 Å². The number of hydrogen-bond acceptors (Lipinski definition) is 3. The first kappa shape index (κ1) is 16.7. The summed E-state index contributed by atoms with van der Waals surface area (Å²) in [6.07, 6.45) is 0.950. The summed E-state index contributed by atoms with van der Waals surface area (Å²) in [7, 11) is 1.64. The van der Waals surface area contributed by atoms with Crippen molar-refractivity contribution in [3.05, 3.63) is 57.9 Å². The molecule has 0 aliphatic heterocycles. The molecule has 24 heavy (non-hydrogen) atoms. The van der Waals surface area contributed by atoms with E-state index in [0.717, 1.165) is 28.9 Å². The molecule has 4 nitrogen and oxygen atoms in total. The van der Waals surface area contributed by atoms with Gasteiger partial charge in [0.15, 0.2) is 4.80 Å². The molecule has 0 bridgehead atoms. The molecule has 0 N–H and O–H groups in total. The molecule has 3 aromatic rings. The predicted molar refractivity (Wildman–Crippen MR) is 98.0 cm³/mol. The van der Waals surface area contributed by atoms with E-state index in [4.69, 9.17) is 16.3 Å². The van der Waals surface area contributed by atoms with E-state index < -0.39 is 0 Å². The second-order valence-electron chi connectivity index (χ2n) is 5.27. The van der Waals surface area contributed by atoms with Crippen LogP contribution in [0.5, 0.6) is 5.75 Å². The molecular weight excluding hydrogens is 344 g/mol. The molecule has 3 rings (SSSR count). The number of carbonyl (C=O) groups is 1. The lowest BCUT2D eigenvalue weighted by atomic mass is 10.2. The standard InChI is InChI=1S/C18H17ClN2O2S/c1-3-10-21-15-9-8-12(23-2)11-16(15)24-18(21)20-17(22)13-6-4-5-7-14(13)19/h4-9,11H,3,10H2,1-2H3. The maximum absolute atomic E-state index is 12.5. The number of ether oxygens (including phenoxy) is 1. The van der Waals surface area contributed by atoms with E-state index >= 15 is 0 Å². The lowest BCUT2D eigenvalue weighted by Crippen LogP contribution is -2.17. The van der Waals surface area contributed by atoms with E-state index in [9.17, 15) is 4.79 Å². The summed E-state index contributed by atoms with van der Waals surface area (Å²) >= 11 is 7.58. The highest BCUT2D eigenvalue weighted by Crippen LogP contribution is 2.23. The Morgan fingerprint density at radius 1 is 1.29 bits per heavy atom. The number of nitrogens with zero attached hydrogens (tertiary/aromatic N) is 2. The van der Waals surface area contributed by atoms with Crippen LogP contribution in [0.2, 0.25) is 5.02 Å². The number of hydrogen-bond donors (Lipinski definition) is 0. The number of fused-ring (bicyclic) bond motifs is 1. The zero-order chi connectivity index (χ0) is 17.1. The Kier molecular flexibility index (Phi) is 5.02. The van der Waals surface area contributed by atoms with Gasteiger partial charge in [-0.1, -0.05) is 42.0 Å². The molecule has 0 spiro atoms. The van der Waals surface area contributed by atoms with Crippen molar-refractivity contribution in [1.29, 1.82) is 0 Å². The molecular formula is C18H17ClN2O2S. The van der Waals surface area contributed by atoms with Crippen LogP contribution in [0.15, 0.2) is 47.5 Å². The Morgan fingerprint density at radius 2 is 2.08 bits per heavy atom. The summed E-state index contributed by atoms with van der Waals surface area (Å²) < 4.78 is 8.38. The van der Waals surface area contributed by atoms with E-state index in [1.54, 1.807) is 31.4 Å². The smallest absolute Gasteiger partial charge is 0.281 e.